The summed E-state index contributed by atoms with van der Waals surface area (Å²) in [4.78, 5) is 24.0. The van der Waals surface area contributed by atoms with Crippen LogP contribution in [0.25, 0.3) is 0 Å². The first-order valence-electron chi connectivity index (χ1n) is 7.88. The third-order valence-electron chi connectivity index (χ3n) is 4.01. The Bertz CT molecular complexity index is 844. The van der Waals surface area contributed by atoms with Crippen molar-refractivity contribution in [3.05, 3.63) is 47.0 Å². The molecule has 0 spiro atoms. The van der Waals surface area contributed by atoms with Gasteiger partial charge in [0.15, 0.2) is 23.9 Å². The molecule has 2 aromatic carbocycles. The summed E-state index contributed by atoms with van der Waals surface area (Å²) in [5.74, 6) is 1.07. The lowest BCUT2D eigenvalue weighted by atomic mass is 10.1. The molecule has 0 aromatic heterocycles. The number of amides is 1. The van der Waals surface area contributed by atoms with Crippen LogP contribution in [0.5, 0.6) is 17.2 Å². The zero-order valence-electron chi connectivity index (χ0n) is 14.3. The normalized spacial score (nSPS) is 12.0. The molecule has 1 aliphatic rings. The molecule has 1 N–H and O–H groups in total. The van der Waals surface area contributed by atoms with Crippen molar-refractivity contribution in [2.75, 3.05) is 18.7 Å². The van der Waals surface area contributed by atoms with Crippen LogP contribution in [0.4, 0.5) is 5.69 Å². The van der Waals surface area contributed by atoms with Crippen LogP contribution >= 0.6 is 0 Å². The van der Waals surface area contributed by atoms with E-state index in [1.807, 2.05) is 32.0 Å². The SMILES string of the molecule is CC(=O)c1cc2c(cc1NC(=O)COc1ccc(C)c(C)c1)OCO2. The molecule has 0 aliphatic carbocycles. The summed E-state index contributed by atoms with van der Waals surface area (Å²) in [6.07, 6.45) is 0. The Balaban J connectivity index is 1.70. The molecular weight excluding hydrogens is 322 g/mol. The van der Waals surface area contributed by atoms with Gasteiger partial charge in [0.2, 0.25) is 6.79 Å². The molecule has 0 bridgehead atoms. The number of benzene rings is 2. The maximum Gasteiger partial charge on any atom is 0.262 e. The molecular formula is C19H19NO5. The molecule has 0 saturated heterocycles. The lowest BCUT2D eigenvalue weighted by Gasteiger charge is -2.12. The highest BCUT2D eigenvalue weighted by Crippen LogP contribution is 2.37. The minimum atomic E-state index is -0.361. The number of carbonyl (C=O) groups excluding carboxylic acids is 2. The molecule has 0 fully saturated rings. The van der Waals surface area contributed by atoms with Gasteiger partial charge in [-0.25, -0.2) is 0 Å². The first-order valence-corrected chi connectivity index (χ1v) is 7.88. The van der Waals surface area contributed by atoms with Crippen molar-refractivity contribution < 1.29 is 23.8 Å². The van der Waals surface area contributed by atoms with Crippen LogP contribution < -0.4 is 19.5 Å². The molecule has 1 heterocycles. The number of carbonyl (C=O) groups is 2. The molecule has 3 rings (SSSR count). The highest BCUT2D eigenvalue weighted by molar-refractivity contribution is 6.04. The molecule has 25 heavy (non-hydrogen) atoms. The van der Waals surface area contributed by atoms with Gasteiger partial charge in [-0.2, -0.15) is 0 Å². The van der Waals surface area contributed by atoms with Gasteiger partial charge in [0.1, 0.15) is 5.75 Å². The zero-order chi connectivity index (χ0) is 18.0. The van der Waals surface area contributed by atoms with Crippen LogP contribution in [0.2, 0.25) is 0 Å². The maximum absolute atomic E-state index is 12.2. The predicted molar refractivity (Wildman–Crippen MR) is 92.6 cm³/mol. The third kappa shape index (κ3) is 3.74. The van der Waals surface area contributed by atoms with E-state index >= 15 is 0 Å². The Labute approximate surface area is 145 Å². The van der Waals surface area contributed by atoms with E-state index in [0.29, 0.717) is 28.5 Å². The van der Waals surface area contributed by atoms with Crippen LogP contribution in [-0.4, -0.2) is 25.1 Å². The smallest absolute Gasteiger partial charge is 0.262 e. The Morgan fingerprint density at radius 3 is 2.48 bits per heavy atom. The van der Waals surface area contributed by atoms with Crippen molar-refractivity contribution in [1.82, 2.24) is 0 Å². The molecule has 6 nitrogen and oxygen atoms in total. The lowest BCUT2D eigenvalue weighted by Crippen LogP contribution is -2.21. The van der Waals surface area contributed by atoms with Gasteiger partial charge in [-0.15, -0.1) is 0 Å². The minimum absolute atomic E-state index is 0.0972. The first kappa shape index (κ1) is 16.8. The van der Waals surface area contributed by atoms with Gasteiger partial charge in [0.25, 0.3) is 5.91 Å². The Hall–Kier alpha value is -3.02. The lowest BCUT2D eigenvalue weighted by molar-refractivity contribution is -0.118. The van der Waals surface area contributed by atoms with E-state index in [2.05, 4.69) is 5.32 Å². The fourth-order valence-corrected chi connectivity index (χ4v) is 2.48. The minimum Gasteiger partial charge on any atom is -0.484 e. The summed E-state index contributed by atoms with van der Waals surface area (Å²) in [7, 11) is 0. The average molecular weight is 341 g/mol. The van der Waals surface area contributed by atoms with Crippen molar-refractivity contribution in [2.24, 2.45) is 0 Å². The van der Waals surface area contributed by atoms with Crippen LogP contribution in [0.3, 0.4) is 0 Å². The summed E-state index contributed by atoms with van der Waals surface area (Å²) in [6, 6.07) is 8.80. The fraction of sp³-hybridized carbons (Fsp3) is 0.263. The van der Waals surface area contributed by atoms with Crippen LogP contribution in [0.15, 0.2) is 30.3 Å². The maximum atomic E-state index is 12.2. The standard InChI is InChI=1S/C19H19NO5/c1-11-4-5-14(6-12(11)2)23-9-19(22)20-16-8-18-17(24-10-25-18)7-15(16)13(3)21/h4-8H,9-10H2,1-3H3,(H,20,22). The van der Waals surface area contributed by atoms with Crippen molar-refractivity contribution in [3.63, 3.8) is 0 Å². The number of hydrogen-bond donors (Lipinski definition) is 1. The van der Waals surface area contributed by atoms with Crippen molar-refractivity contribution in [2.45, 2.75) is 20.8 Å². The number of anilines is 1. The Morgan fingerprint density at radius 1 is 1.08 bits per heavy atom. The summed E-state index contributed by atoms with van der Waals surface area (Å²) in [6.45, 7) is 5.36. The number of rotatable bonds is 5. The Morgan fingerprint density at radius 2 is 1.80 bits per heavy atom. The highest BCUT2D eigenvalue weighted by Gasteiger charge is 2.20. The molecule has 0 atom stereocenters. The van der Waals surface area contributed by atoms with Crippen LogP contribution in [-0.2, 0) is 4.79 Å². The number of hydrogen-bond acceptors (Lipinski definition) is 5. The largest absolute Gasteiger partial charge is 0.484 e. The monoisotopic (exact) mass is 341 g/mol. The summed E-state index contributed by atoms with van der Waals surface area (Å²) < 4.78 is 16.1. The number of nitrogens with one attached hydrogen (secondary N) is 1. The zero-order valence-corrected chi connectivity index (χ0v) is 14.3. The van der Waals surface area contributed by atoms with Gasteiger partial charge in [0.05, 0.1) is 5.69 Å². The predicted octanol–water partition coefficient (Wildman–Crippen LogP) is 3.25. The molecule has 130 valence electrons. The van der Waals surface area contributed by atoms with Crippen molar-refractivity contribution in [1.29, 1.82) is 0 Å². The van der Waals surface area contributed by atoms with Gasteiger partial charge < -0.3 is 19.5 Å². The highest BCUT2D eigenvalue weighted by atomic mass is 16.7. The van der Waals surface area contributed by atoms with Gasteiger partial charge in [-0.1, -0.05) is 6.07 Å². The summed E-state index contributed by atoms with van der Waals surface area (Å²) >= 11 is 0. The number of Topliss-reactive ketones (excluding diaryl/α,β-unsaturated/α-hetero) is 1. The number of ether oxygens (including phenoxy) is 3. The molecule has 0 saturated carbocycles. The third-order valence-corrected chi connectivity index (χ3v) is 4.01. The number of ketones is 1. The first-order chi connectivity index (χ1) is 11.9. The molecule has 1 aliphatic heterocycles. The van der Waals surface area contributed by atoms with Crippen LogP contribution in [0, 0.1) is 13.8 Å². The van der Waals surface area contributed by atoms with E-state index in [0.717, 1.165) is 11.1 Å². The van der Waals surface area contributed by atoms with E-state index in [-0.39, 0.29) is 25.1 Å². The molecule has 2 aromatic rings. The van der Waals surface area contributed by atoms with E-state index in [1.165, 1.54) is 6.92 Å². The Kier molecular flexibility index (Phi) is 4.61. The van der Waals surface area contributed by atoms with Gasteiger partial charge in [-0.3, -0.25) is 9.59 Å². The van der Waals surface area contributed by atoms with Crippen LogP contribution in [0.1, 0.15) is 28.4 Å². The second-order valence-electron chi connectivity index (χ2n) is 5.89. The van der Waals surface area contributed by atoms with Gasteiger partial charge >= 0.3 is 0 Å². The van der Waals surface area contributed by atoms with E-state index in [9.17, 15) is 9.59 Å². The van der Waals surface area contributed by atoms with E-state index in [1.54, 1.807) is 12.1 Å². The number of aryl methyl sites for hydroxylation is 2. The van der Waals surface area contributed by atoms with E-state index in [4.69, 9.17) is 14.2 Å². The summed E-state index contributed by atoms with van der Waals surface area (Å²) in [5, 5.41) is 2.70. The van der Waals surface area contributed by atoms with Gasteiger partial charge in [0, 0.05) is 11.6 Å². The summed E-state index contributed by atoms with van der Waals surface area (Å²) in [5.41, 5.74) is 2.99. The quantitative estimate of drug-likeness (QED) is 0.845. The van der Waals surface area contributed by atoms with Gasteiger partial charge in [-0.05, 0) is 50.1 Å². The average Bonchev–Trinajstić information content (AvgIpc) is 3.02. The molecule has 0 unspecified atom stereocenters. The fourth-order valence-electron chi connectivity index (χ4n) is 2.48. The van der Waals surface area contributed by atoms with Crippen molar-refractivity contribution in [3.8, 4) is 17.2 Å². The van der Waals surface area contributed by atoms with Crippen molar-refractivity contribution >= 4 is 17.4 Å². The second kappa shape index (κ2) is 6.84. The number of fused-ring (bicyclic) bond motifs is 1. The second-order valence-corrected chi connectivity index (χ2v) is 5.89. The topological polar surface area (TPSA) is 73.9 Å². The molecule has 6 heteroatoms. The molecule has 0 radical (unpaired) electrons. The molecule has 1 amide bonds. The van der Waals surface area contributed by atoms with E-state index < -0.39 is 0 Å².